The Bertz CT molecular complexity index is 371. The SMILES string of the molecule is CC(=O)N[C@@H]1[C@H](OC(C)=O)[C@H](NC(C)=O)[C@H](C)O[C@@H]1O. The Morgan fingerprint density at radius 3 is 2.00 bits per heavy atom. The monoisotopic (exact) mass is 288 g/mol. The first-order chi connectivity index (χ1) is 9.22. The van der Waals surface area contributed by atoms with Crippen molar-refractivity contribution in [3.8, 4) is 0 Å². The molecule has 1 aliphatic heterocycles. The maximum Gasteiger partial charge on any atom is 0.303 e. The third-order valence-electron chi connectivity index (χ3n) is 2.92. The Kier molecular flexibility index (Phi) is 5.46. The molecule has 0 aromatic heterocycles. The zero-order valence-electron chi connectivity index (χ0n) is 11.9. The van der Waals surface area contributed by atoms with E-state index in [0.717, 1.165) is 0 Å². The molecule has 1 saturated heterocycles. The van der Waals surface area contributed by atoms with E-state index < -0.39 is 42.5 Å². The summed E-state index contributed by atoms with van der Waals surface area (Å²) in [7, 11) is 0. The molecule has 1 heterocycles. The molecule has 114 valence electrons. The van der Waals surface area contributed by atoms with Crippen molar-refractivity contribution in [2.45, 2.75) is 58.3 Å². The number of aliphatic hydroxyl groups excluding tert-OH is 1. The Balaban J connectivity index is 3.01. The Morgan fingerprint density at radius 2 is 1.55 bits per heavy atom. The van der Waals surface area contributed by atoms with Gasteiger partial charge in [0.1, 0.15) is 12.1 Å². The molecule has 0 unspecified atom stereocenters. The number of ether oxygens (including phenoxy) is 2. The molecular formula is C12H20N2O6. The Hall–Kier alpha value is -1.67. The quantitative estimate of drug-likeness (QED) is 0.554. The van der Waals surface area contributed by atoms with Gasteiger partial charge in [0.25, 0.3) is 0 Å². The minimum absolute atomic E-state index is 0.333. The minimum Gasteiger partial charge on any atom is -0.458 e. The number of esters is 1. The van der Waals surface area contributed by atoms with Crippen molar-refractivity contribution in [1.82, 2.24) is 10.6 Å². The van der Waals surface area contributed by atoms with Crippen LogP contribution in [-0.2, 0) is 23.9 Å². The molecule has 0 spiro atoms. The lowest BCUT2D eigenvalue weighted by molar-refractivity contribution is -0.222. The average Bonchev–Trinajstić information content (AvgIpc) is 2.27. The molecule has 0 bridgehead atoms. The smallest absolute Gasteiger partial charge is 0.303 e. The highest BCUT2D eigenvalue weighted by atomic mass is 16.6. The maximum atomic E-state index is 11.2. The van der Waals surface area contributed by atoms with Crippen molar-refractivity contribution in [2.75, 3.05) is 0 Å². The predicted molar refractivity (Wildman–Crippen MR) is 67.3 cm³/mol. The predicted octanol–water partition coefficient (Wildman–Crippen LogP) is -1.34. The molecule has 0 saturated carbocycles. The summed E-state index contributed by atoms with van der Waals surface area (Å²) in [6.45, 7) is 5.42. The van der Waals surface area contributed by atoms with Crippen LogP contribution in [0.5, 0.6) is 0 Å². The third-order valence-corrected chi connectivity index (χ3v) is 2.92. The normalized spacial score (nSPS) is 33.1. The summed E-state index contributed by atoms with van der Waals surface area (Å²) in [6, 6.07) is -1.62. The molecule has 5 atom stereocenters. The zero-order chi connectivity index (χ0) is 15.4. The number of carbonyl (C=O) groups excluding carboxylic acids is 3. The summed E-state index contributed by atoms with van der Waals surface area (Å²) < 4.78 is 10.4. The molecule has 0 aliphatic carbocycles. The highest BCUT2D eigenvalue weighted by molar-refractivity contribution is 5.74. The largest absolute Gasteiger partial charge is 0.458 e. The molecule has 8 nitrogen and oxygen atoms in total. The lowest BCUT2D eigenvalue weighted by Gasteiger charge is -2.43. The number of amides is 2. The first-order valence-electron chi connectivity index (χ1n) is 6.27. The summed E-state index contributed by atoms with van der Waals surface area (Å²) in [5.41, 5.74) is 0. The van der Waals surface area contributed by atoms with Crippen LogP contribution >= 0.6 is 0 Å². The van der Waals surface area contributed by atoms with Gasteiger partial charge in [0.2, 0.25) is 11.8 Å². The van der Waals surface area contributed by atoms with Crippen LogP contribution in [0.2, 0.25) is 0 Å². The number of nitrogens with one attached hydrogen (secondary N) is 2. The fraction of sp³-hybridized carbons (Fsp3) is 0.750. The van der Waals surface area contributed by atoms with Gasteiger partial charge in [-0.2, -0.15) is 0 Å². The van der Waals surface area contributed by atoms with Crippen LogP contribution in [0, 0.1) is 0 Å². The molecule has 3 N–H and O–H groups in total. The van der Waals surface area contributed by atoms with Gasteiger partial charge in [0, 0.05) is 20.8 Å². The number of carbonyl (C=O) groups is 3. The van der Waals surface area contributed by atoms with Gasteiger partial charge in [-0.3, -0.25) is 14.4 Å². The molecule has 8 heteroatoms. The fourth-order valence-corrected chi connectivity index (χ4v) is 2.20. The van der Waals surface area contributed by atoms with Gasteiger partial charge in [-0.1, -0.05) is 0 Å². The van der Waals surface area contributed by atoms with E-state index in [-0.39, 0.29) is 5.91 Å². The third kappa shape index (κ3) is 4.17. The van der Waals surface area contributed by atoms with E-state index in [0.29, 0.717) is 0 Å². The van der Waals surface area contributed by atoms with Gasteiger partial charge in [-0.25, -0.2) is 0 Å². The van der Waals surface area contributed by atoms with Crippen molar-refractivity contribution in [3.63, 3.8) is 0 Å². The van der Waals surface area contributed by atoms with E-state index in [4.69, 9.17) is 9.47 Å². The molecule has 20 heavy (non-hydrogen) atoms. The van der Waals surface area contributed by atoms with E-state index >= 15 is 0 Å². The second-order valence-electron chi connectivity index (χ2n) is 4.76. The van der Waals surface area contributed by atoms with E-state index in [2.05, 4.69) is 10.6 Å². The molecule has 2 amide bonds. The Labute approximate surface area is 116 Å². The maximum absolute atomic E-state index is 11.2. The zero-order valence-corrected chi connectivity index (χ0v) is 11.9. The second-order valence-corrected chi connectivity index (χ2v) is 4.76. The number of rotatable bonds is 3. The first kappa shape index (κ1) is 16.4. The van der Waals surface area contributed by atoms with Crippen LogP contribution in [0.15, 0.2) is 0 Å². The van der Waals surface area contributed by atoms with Crippen LogP contribution in [0.25, 0.3) is 0 Å². The molecular weight excluding hydrogens is 268 g/mol. The summed E-state index contributed by atoms with van der Waals surface area (Å²) in [5.74, 6) is -1.33. The number of hydrogen-bond acceptors (Lipinski definition) is 6. The van der Waals surface area contributed by atoms with Crippen molar-refractivity contribution >= 4 is 17.8 Å². The van der Waals surface area contributed by atoms with Crippen molar-refractivity contribution in [2.24, 2.45) is 0 Å². The fourth-order valence-electron chi connectivity index (χ4n) is 2.20. The highest BCUT2D eigenvalue weighted by Gasteiger charge is 2.46. The highest BCUT2D eigenvalue weighted by Crippen LogP contribution is 2.22. The van der Waals surface area contributed by atoms with Crippen LogP contribution in [-0.4, -0.2) is 53.5 Å². The van der Waals surface area contributed by atoms with Gasteiger partial charge in [0.15, 0.2) is 6.29 Å². The van der Waals surface area contributed by atoms with Crippen molar-refractivity contribution in [3.05, 3.63) is 0 Å². The van der Waals surface area contributed by atoms with Gasteiger partial charge in [0.05, 0.1) is 12.1 Å². The molecule has 0 radical (unpaired) electrons. The van der Waals surface area contributed by atoms with Gasteiger partial charge >= 0.3 is 5.97 Å². The van der Waals surface area contributed by atoms with Crippen LogP contribution < -0.4 is 10.6 Å². The summed E-state index contributed by atoms with van der Waals surface area (Å²) in [5, 5.41) is 15.0. The van der Waals surface area contributed by atoms with Crippen LogP contribution in [0.4, 0.5) is 0 Å². The lowest BCUT2D eigenvalue weighted by Crippen LogP contribution is -2.67. The van der Waals surface area contributed by atoms with Crippen LogP contribution in [0.1, 0.15) is 27.7 Å². The number of hydrogen-bond donors (Lipinski definition) is 3. The molecule has 0 aromatic carbocycles. The summed E-state index contributed by atoms with van der Waals surface area (Å²) >= 11 is 0. The van der Waals surface area contributed by atoms with E-state index in [1.54, 1.807) is 6.92 Å². The number of aliphatic hydroxyl groups is 1. The lowest BCUT2D eigenvalue weighted by atomic mass is 9.94. The van der Waals surface area contributed by atoms with Gasteiger partial charge < -0.3 is 25.2 Å². The summed E-state index contributed by atoms with van der Waals surface area (Å²) in [4.78, 5) is 33.7. The Morgan fingerprint density at radius 1 is 1.05 bits per heavy atom. The van der Waals surface area contributed by atoms with Crippen molar-refractivity contribution < 1.29 is 29.0 Å². The standard InChI is InChI=1S/C12H20N2O6/c1-5-9(13-6(2)15)11(20-8(4)17)10(12(18)19-5)14-7(3)16/h5,9-12,18H,1-4H3,(H,13,15)(H,14,16)/t5-,9+,10+,11+,12-/m0/s1. The van der Waals surface area contributed by atoms with Gasteiger partial charge in [-0.05, 0) is 6.92 Å². The molecule has 0 aromatic rings. The molecule has 1 fully saturated rings. The minimum atomic E-state index is -1.33. The average molecular weight is 288 g/mol. The first-order valence-corrected chi connectivity index (χ1v) is 6.27. The van der Waals surface area contributed by atoms with E-state index in [1.165, 1.54) is 20.8 Å². The molecule has 1 rings (SSSR count). The summed E-state index contributed by atoms with van der Waals surface area (Å²) in [6.07, 6.45) is -2.83. The molecule has 1 aliphatic rings. The van der Waals surface area contributed by atoms with Gasteiger partial charge in [-0.15, -0.1) is 0 Å². The van der Waals surface area contributed by atoms with E-state index in [9.17, 15) is 19.5 Å². The van der Waals surface area contributed by atoms with Crippen LogP contribution in [0.3, 0.4) is 0 Å². The van der Waals surface area contributed by atoms with E-state index in [1.807, 2.05) is 0 Å². The topological polar surface area (TPSA) is 114 Å². The second kappa shape index (κ2) is 6.67. The van der Waals surface area contributed by atoms with Crippen molar-refractivity contribution in [1.29, 1.82) is 0 Å².